The molecule has 0 atom stereocenters. The summed E-state index contributed by atoms with van der Waals surface area (Å²) in [5, 5.41) is 5.84. The molecule has 0 spiro atoms. The van der Waals surface area contributed by atoms with Gasteiger partial charge in [-0.05, 0) is 31.5 Å². The Balaban J connectivity index is 0.00000162. The highest BCUT2D eigenvalue weighted by Gasteiger charge is 2.45. The lowest BCUT2D eigenvalue weighted by Gasteiger charge is -2.18. The van der Waals surface area contributed by atoms with E-state index in [4.69, 9.17) is 0 Å². The van der Waals surface area contributed by atoms with Gasteiger partial charge in [0.2, 0.25) is 5.91 Å². The van der Waals surface area contributed by atoms with Gasteiger partial charge in [-0.2, -0.15) is 0 Å². The van der Waals surface area contributed by atoms with Crippen molar-refractivity contribution >= 4 is 34.2 Å². The van der Waals surface area contributed by atoms with E-state index in [0.717, 1.165) is 23.9 Å². The van der Waals surface area contributed by atoms with Gasteiger partial charge >= 0.3 is 0 Å². The highest BCUT2D eigenvalue weighted by atomic mass is 79.9. The second kappa shape index (κ2) is 6.55. The lowest BCUT2D eigenvalue weighted by atomic mass is 9.96. The highest BCUT2D eigenvalue weighted by Crippen LogP contribution is 2.49. The molecule has 0 bridgehead atoms. The smallest absolute Gasteiger partial charge is 0.233 e. The van der Waals surface area contributed by atoms with Crippen LogP contribution in [0.5, 0.6) is 0 Å². The van der Waals surface area contributed by atoms with E-state index in [1.165, 1.54) is 5.56 Å². The number of likely N-dealkylation sites (N-methyl/N-ethyl adjacent to an activating group) is 1. The number of halogens is 2. The number of carbonyl (C=O) groups is 1. The first-order chi connectivity index (χ1) is 8.18. The van der Waals surface area contributed by atoms with Crippen molar-refractivity contribution in [1.82, 2.24) is 10.6 Å². The molecule has 0 heterocycles. The quantitative estimate of drug-likeness (QED) is 0.867. The average Bonchev–Trinajstić information content (AvgIpc) is 3.09. The first-order valence-electron chi connectivity index (χ1n) is 5.84. The summed E-state index contributed by atoms with van der Waals surface area (Å²) in [5.74, 6) is 0.0610. The van der Waals surface area contributed by atoms with Gasteiger partial charge in [-0.15, -0.1) is 12.4 Å². The summed E-state index contributed by atoms with van der Waals surface area (Å²) in [6.45, 7) is 1.11. The van der Waals surface area contributed by atoms with Gasteiger partial charge in [0.1, 0.15) is 0 Å². The van der Waals surface area contributed by atoms with Gasteiger partial charge < -0.3 is 10.6 Å². The van der Waals surface area contributed by atoms with Gasteiger partial charge in [-0.3, -0.25) is 4.79 Å². The molecule has 0 radical (unpaired) electrons. The van der Waals surface area contributed by atoms with Gasteiger partial charge in [-0.1, -0.05) is 34.1 Å². The molecule has 0 aromatic heterocycles. The van der Waals surface area contributed by atoms with Crippen LogP contribution in [0.15, 0.2) is 28.7 Å². The molecule has 100 valence electrons. The average molecular weight is 334 g/mol. The molecule has 1 aromatic rings. The minimum atomic E-state index is 0. The van der Waals surface area contributed by atoms with Crippen LogP contribution in [0.3, 0.4) is 0 Å². The third-order valence-corrected chi connectivity index (χ3v) is 3.95. The molecule has 1 aliphatic rings. The third-order valence-electron chi connectivity index (χ3n) is 3.26. The zero-order valence-corrected chi connectivity index (χ0v) is 12.7. The van der Waals surface area contributed by atoms with Crippen LogP contribution in [-0.2, 0) is 10.2 Å². The Morgan fingerprint density at radius 1 is 1.39 bits per heavy atom. The van der Waals surface area contributed by atoms with Crippen molar-refractivity contribution in [2.24, 2.45) is 0 Å². The minimum absolute atomic E-state index is 0. The Morgan fingerprint density at radius 2 is 2.06 bits per heavy atom. The summed E-state index contributed by atoms with van der Waals surface area (Å²) in [4.78, 5) is 11.4. The van der Waals surface area contributed by atoms with Crippen LogP contribution in [0.1, 0.15) is 18.4 Å². The zero-order chi connectivity index (χ0) is 12.3. The topological polar surface area (TPSA) is 41.1 Å². The largest absolute Gasteiger partial charge is 0.354 e. The molecule has 0 unspecified atom stereocenters. The van der Waals surface area contributed by atoms with Crippen LogP contribution in [0, 0.1) is 0 Å². The van der Waals surface area contributed by atoms with Crippen molar-refractivity contribution in [1.29, 1.82) is 0 Å². The molecule has 0 aliphatic heterocycles. The molecule has 1 aliphatic carbocycles. The van der Waals surface area contributed by atoms with Crippen molar-refractivity contribution < 1.29 is 4.79 Å². The molecular formula is C13H18BrClN2O. The van der Waals surface area contributed by atoms with Crippen molar-refractivity contribution in [3.63, 3.8) is 0 Å². The van der Waals surface area contributed by atoms with E-state index in [9.17, 15) is 4.79 Å². The number of hydrogen-bond donors (Lipinski definition) is 2. The van der Waals surface area contributed by atoms with E-state index in [1.807, 2.05) is 6.07 Å². The molecule has 2 N–H and O–H groups in total. The summed E-state index contributed by atoms with van der Waals surface area (Å²) < 4.78 is 1.14. The van der Waals surface area contributed by atoms with Crippen LogP contribution in [0.4, 0.5) is 0 Å². The van der Waals surface area contributed by atoms with E-state index in [0.29, 0.717) is 6.54 Å². The summed E-state index contributed by atoms with van der Waals surface area (Å²) in [7, 11) is 1.78. The third kappa shape index (κ3) is 3.46. The molecule has 1 saturated carbocycles. The van der Waals surface area contributed by atoms with Crippen LogP contribution in [0.2, 0.25) is 0 Å². The number of carbonyl (C=O) groups excluding carboxylic acids is 1. The van der Waals surface area contributed by atoms with Crippen molar-refractivity contribution in [3.05, 3.63) is 34.3 Å². The van der Waals surface area contributed by atoms with Gasteiger partial charge in [0.25, 0.3) is 0 Å². The number of nitrogens with one attached hydrogen (secondary N) is 2. The molecule has 3 nitrogen and oxygen atoms in total. The second-order valence-electron chi connectivity index (χ2n) is 4.57. The predicted octanol–water partition coefficient (Wildman–Crippen LogP) is 2.24. The van der Waals surface area contributed by atoms with E-state index in [-0.39, 0.29) is 23.7 Å². The molecule has 1 aromatic carbocycles. The monoisotopic (exact) mass is 332 g/mol. The van der Waals surface area contributed by atoms with E-state index >= 15 is 0 Å². The van der Waals surface area contributed by atoms with E-state index < -0.39 is 0 Å². The fraction of sp³-hybridized carbons (Fsp3) is 0.462. The Labute approximate surface area is 122 Å². The van der Waals surface area contributed by atoms with Crippen molar-refractivity contribution in [2.45, 2.75) is 18.3 Å². The summed E-state index contributed by atoms with van der Waals surface area (Å²) in [5.41, 5.74) is 1.47. The van der Waals surface area contributed by atoms with Gasteiger partial charge in [0.05, 0.1) is 6.54 Å². The van der Waals surface area contributed by atoms with E-state index in [1.54, 1.807) is 7.05 Å². The lowest BCUT2D eigenvalue weighted by Crippen LogP contribution is -2.37. The highest BCUT2D eigenvalue weighted by molar-refractivity contribution is 9.10. The molecule has 0 saturated heterocycles. The Hall–Kier alpha value is -0.580. The summed E-state index contributed by atoms with van der Waals surface area (Å²) in [6.07, 6.45) is 2.30. The number of amides is 1. The fourth-order valence-electron chi connectivity index (χ4n) is 2.07. The van der Waals surface area contributed by atoms with Crippen LogP contribution in [0.25, 0.3) is 0 Å². The Kier molecular flexibility index (Phi) is 5.63. The molecule has 5 heteroatoms. The van der Waals surface area contributed by atoms with Crippen LogP contribution < -0.4 is 10.6 Å². The maximum Gasteiger partial charge on any atom is 0.233 e. The van der Waals surface area contributed by atoms with E-state index in [2.05, 4.69) is 44.8 Å². The summed E-state index contributed by atoms with van der Waals surface area (Å²) >= 11 is 3.58. The van der Waals surface area contributed by atoms with Crippen LogP contribution >= 0.6 is 28.3 Å². The molecule has 1 fully saturated rings. The fourth-order valence-corrected chi connectivity index (χ4v) is 2.78. The Morgan fingerprint density at radius 3 is 2.61 bits per heavy atom. The van der Waals surface area contributed by atoms with Gasteiger partial charge in [0.15, 0.2) is 0 Å². The minimum Gasteiger partial charge on any atom is -0.354 e. The first kappa shape index (κ1) is 15.5. The standard InChI is InChI=1S/C13H17BrN2O.ClH/c1-15-8-12(17)16-9-13(6-7-13)10-4-2-3-5-11(10)14;/h2-5,15H,6-9H2,1H3,(H,16,17);1H. The van der Waals surface area contributed by atoms with Crippen molar-refractivity contribution in [3.8, 4) is 0 Å². The van der Waals surface area contributed by atoms with Crippen LogP contribution in [-0.4, -0.2) is 26.0 Å². The number of rotatable bonds is 5. The SMILES string of the molecule is CNCC(=O)NCC1(c2ccccc2Br)CC1.Cl. The first-order valence-corrected chi connectivity index (χ1v) is 6.63. The molecule has 18 heavy (non-hydrogen) atoms. The second-order valence-corrected chi connectivity index (χ2v) is 5.42. The summed E-state index contributed by atoms with van der Waals surface area (Å²) in [6, 6.07) is 8.27. The number of hydrogen-bond acceptors (Lipinski definition) is 2. The van der Waals surface area contributed by atoms with Gasteiger partial charge in [-0.25, -0.2) is 0 Å². The molecule has 1 amide bonds. The normalized spacial score (nSPS) is 15.7. The number of benzene rings is 1. The Bertz CT molecular complexity index is 421. The predicted molar refractivity (Wildman–Crippen MR) is 79.2 cm³/mol. The maximum absolute atomic E-state index is 11.4. The van der Waals surface area contributed by atoms with Crippen molar-refractivity contribution in [2.75, 3.05) is 20.1 Å². The maximum atomic E-state index is 11.4. The zero-order valence-electron chi connectivity index (χ0n) is 10.3. The molecule has 2 rings (SSSR count). The molecular weight excluding hydrogens is 316 g/mol. The van der Waals surface area contributed by atoms with Gasteiger partial charge in [0, 0.05) is 16.4 Å². The lowest BCUT2D eigenvalue weighted by molar-refractivity contribution is -0.120.